The average molecular weight is 582 g/mol. The number of carbonyl (C=O) groups excluding carboxylic acids is 2. The molecule has 43 heavy (non-hydrogen) atoms. The number of aliphatic carboxylic acids is 1. The zero-order chi connectivity index (χ0) is 30.6. The lowest BCUT2D eigenvalue weighted by atomic mass is 10.0. The highest BCUT2D eigenvalue weighted by Crippen LogP contribution is 2.25. The van der Waals surface area contributed by atoms with Gasteiger partial charge in [0.15, 0.2) is 0 Å². The number of aromatic hydroxyl groups is 2. The van der Waals surface area contributed by atoms with Gasteiger partial charge in [-0.15, -0.1) is 0 Å². The summed E-state index contributed by atoms with van der Waals surface area (Å²) >= 11 is 0. The van der Waals surface area contributed by atoms with Gasteiger partial charge in [-0.25, -0.2) is 0 Å². The van der Waals surface area contributed by atoms with Gasteiger partial charge in [0.2, 0.25) is 11.8 Å². The fourth-order valence-electron chi connectivity index (χ4n) is 4.60. The van der Waals surface area contributed by atoms with Crippen LogP contribution in [0, 0.1) is 0 Å². The number of nitrogens with zero attached hydrogens (tertiary/aromatic N) is 2. The van der Waals surface area contributed by atoms with E-state index in [0.29, 0.717) is 25.1 Å². The molecule has 4 rings (SSSR count). The zero-order valence-corrected chi connectivity index (χ0v) is 23.7. The number of anilines is 1. The summed E-state index contributed by atoms with van der Waals surface area (Å²) < 4.78 is 0. The molecule has 0 aliphatic rings. The van der Waals surface area contributed by atoms with E-state index >= 15 is 0 Å². The molecular weight excluding hydrogens is 546 g/mol. The number of rotatable bonds is 14. The monoisotopic (exact) mass is 581 g/mol. The van der Waals surface area contributed by atoms with E-state index in [1.54, 1.807) is 48.5 Å². The van der Waals surface area contributed by atoms with Gasteiger partial charge in [0.1, 0.15) is 24.6 Å². The van der Waals surface area contributed by atoms with Gasteiger partial charge in [0.05, 0.1) is 6.54 Å². The normalized spacial score (nSPS) is 10.7. The molecular formula is C34H35N3O6. The Balaban J connectivity index is 1.48. The van der Waals surface area contributed by atoms with E-state index < -0.39 is 18.4 Å². The predicted molar refractivity (Wildman–Crippen MR) is 165 cm³/mol. The number of benzene rings is 4. The number of hydrogen-bond acceptors (Lipinski definition) is 6. The van der Waals surface area contributed by atoms with Gasteiger partial charge in [0, 0.05) is 12.2 Å². The van der Waals surface area contributed by atoms with Crippen LogP contribution in [0.1, 0.15) is 11.1 Å². The Hall–Kier alpha value is -5.15. The number of nitrogens with one attached hydrogen (secondary N) is 1. The molecule has 0 radical (unpaired) electrons. The first-order chi connectivity index (χ1) is 20.8. The van der Waals surface area contributed by atoms with Gasteiger partial charge in [0.25, 0.3) is 0 Å². The van der Waals surface area contributed by atoms with Gasteiger partial charge in [-0.1, -0.05) is 66.7 Å². The Morgan fingerprint density at radius 1 is 0.628 bits per heavy atom. The number of carbonyl (C=O) groups is 3. The first kappa shape index (κ1) is 30.8. The van der Waals surface area contributed by atoms with Crippen molar-refractivity contribution in [3.05, 3.63) is 114 Å². The molecule has 4 aromatic carbocycles. The molecule has 9 nitrogen and oxygen atoms in total. The smallest absolute Gasteiger partial charge is 0.323 e. The van der Waals surface area contributed by atoms with Crippen LogP contribution in [0.25, 0.3) is 11.1 Å². The van der Waals surface area contributed by atoms with Gasteiger partial charge in [-0.3, -0.25) is 14.4 Å². The maximum Gasteiger partial charge on any atom is 0.323 e. The van der Waals surface area contributed by atoms with E-state index in [4.69, 9.17) is 0 Å². The van der Waals surface area contributed by atoms with E-state index in [1.807, 2.05) is 54.6 Å². The molecule has 0 aliphatic carbocycles. The number of carboxylic acids is 1. The molecule has 0 atom stereocenters. The maximum absolute atomic E-state index is 13.5. The summed E-state index contributed by atoms with van der Waals surface area (Å²) in [4.78, 5) is 41.2. The number of hydrogen-bond donors (Lipinski definition) is 4. The van der Waals surface area contributed by atoms with Crippen LogP contribution < -0.4 is 10.2 Å². The molecule has 0 heterocycles. The molecule has 0 aliphatic heterocycles. The topological polar surface area (TPSA) is 130 Å². The third-order valence-electron chi connectivity index (χ3n) is 6.97. The summed E-state index contributed by atoms with van der Waals surface area (Å²) in [7, 11) is 0. The van der Waals surface area contributed by atoms with Crippen molar-refractivity contribution in [2.75, 3.05) is 37.6 Å². The van der Waals surface area contributed by atoms with Crippen LogP contribution in [-0.4, -0.2) is 70.7 Å². The minimum atomic E-state index is -1.13. The summed E-state index contributed by atoms with van der Waals surface area (Å²) in [6, 6.07) is 30.2. The van der Waals surface area contributed by atoms with E-state index in [1.165, 1.54) is 9.80 Å². The summed E-state index contributed by atoms with van der Waals surface area (Å²) in [5.74, 6) is -1.60. The number of phenols is 2. The van der Waals surface area contributed by atoms with Crippen LogP contribution in [0.15, 0.2) is 103 Å². The molecule has 4 N–H and O–H groups in total. The second kappa shape index (κ2) is 15.2. The van der Waals surface area contributed by atoms with Crippen molar-refractivity contribution >= 4 is 23.5 Å². The Morgan fingerprint density at radius 3 is 1.79 bits per heavy atom. The van der Waals surface area contributed by atoms with Crippen molar-refractivity contribution in [1.29, 1.82) is 0 Å². The average Bonchev–Trinajstić information content (AvgIpc) is 3.01. The number of amides is 2. The molecule has 2 amide bonds. The first-order valence-electron chi connectivity index (χ1n) is 14.0. The molecule has 0 bridgehead atoms. The highest BCUT2D eigenvalue weighted by Gasteiger charge is 2.24. The van der Waals surface area contributed by atoms with Gasteiger partial charge >= 0.3 is 5.97 Å². The molecule has 0 aromatic heterocycles. The minimum absolute atomic E-state index is 0.0337. The molecule has 0 saturated carbocycles. The Kier molecular flexibility index (Phi) is 10.9. The Bertz CT molecular complexity index is 1490. The van der Waals surface area contributed by atoms with Crippen molar-refractivity contribution in [1.82, 2.24) is 10.2 Å². The molecule has 0 unspecified atom stereocenters. The summed E-state index contributed by atoms with van der Waals surface area (Å²) in [6.45, 7) is -0.131. The fourth-order valence-corrected chi connectivity index (χ4v) is 4.60. The Labute approximate surface area is 250 Å². The van der Waals surface area contributed by atoms with E-state index in [2.05, 4.69) is 5.32 Å². The van der Waals surface area contributed by atoms with Crippen LogP contribution in [0.5, 0.6) is 11.5 Å². The Morgan fingerprint density at radius 2 is 1.19 bits per heavy atom. The van der Waals surface area contributed by atoms with Gasteiger partial charge < -0.3 is 30.4 Å². The largest absolute Gasteiger partial charge is 0.508 e. The van der Waals surface area contributed by atoms with Crippen LogP contribution >= 0.6 is 0 Å². The molecule has 0 spiro atoms. The lowest BCUT2D eigenvalue weighted by Crippen LogP contribution is -2.47. The van der Waals surface area contributed by atoms with Crippen molar-refractivity contribution in [3.8, 4) is 22.6 Å². The van der Waals surface area contributed by atoms with E-state index in [-0.39, 0.29) is 37.0 Å². The van der Waals surface area contributed by atoms with Gasteiger partial charge in [-0.05, 0) is 78.0 Å². The predicted octanol–water partition coefficient (Wildman–Crippen LogP) is 4.09. The van der Waals surface area contributed by atoms with Crippen LogP contribution in [0.2, 0.25) is 0 Å². The third-order valence-corrected chi connectivity index (χ3v) is 6.97. The summed E-state index contributed by atoms with van der Waals surface area (Å²) in [5.41, 5.74) is 4.21. The number of phenolic OH excluding ortho intramolecular Hbond substituents is 2. The van der Waals surface area contributed by atoms with Crippen molar-refractivity contribution < 1.29 is 29.7 Å². The zero-order valence-electron chi connectivity index (χ0n) is 23.7. The highest BCUT2D eigenvalue weighted by molar-refractivity contribution is 6.00. The standard InChI is InChI=1S/C34H35N3O6/c38-30-14-6-26(7-15-30)18-20-35-22-32(40)37(29-12-8-27(9-13-29)28-10-16-31(39)17-11-28)23-33(41)36(24-34(42)43)21-19-25-4-2-1-3-5-25/h1-17,35,38-39H,18-24H2,(H,42,43). The third kappa shape index (κ3) is 9.44. The molecule has 0 saturated heterocycles. The highest BCUT2D eigenvalue weighted by atomic mass is 16.4. The maximum atomic E-state index is 13.5. The number of carboxylic acid groups (broad SMARTS) is 1. The van der Waals surface area contributed by atoms with Crippen molar-refractivity contribution in [3.63, 3.8) is 0 Å². The second-order valence-electron chi connectivity index (χ2n) is 10.1. The van der Waals surface area contributed by atoms with E-state index in [9.17, 15) is 29.7 Å². The van der Waals surface area contributed by atoms with Gasteiger partial charge in [-0.2, -0.15) is 0 Å². The van der Waals surface area contributed by atoms with E-state index in [0.717, 1.165) is 22.3 Å². The van der Waals surface area contributed by atoms with Crippen LogP contribution in [0.3, 0.4) is 0 Å². The quantitative estimate of drug-likeness (QED) is 0.165. The minimum Gasteiger partial charge on any atom is -0.508 e. The lowest BCUT2D eigenvalue weighted by Gasteiger charge is -2.27. The lowest BCUT2D eigenvalue weighted by molar-refractivity contribution is -0.144. The van der Waals surface area contributed by atoms with Crippen LogP contribution in [-0.2, 0) is 27.2 Å². The summed E-state index contributed by atoms with van der Waals surface area (Å²) in [6.07, 6.45) is 1.12. The van der Waals surface area contributed by atoms with Crippen molar-refractivity contribution in [2.45, 2.75) is 12.8 Å². The summed E-state index contributed by atoms with van der Waals surface area (Å²) in [5, 5.41) is 31.7. The SMILES string of the molecule is O=C(O)CN(CCc1ccccc1)C(=O)CN(C(=O)CNCCc1ccc(O)cc1)c1ccc(-c2ccc(O)cc2)cc1. The van der Waals surface area contributed by atoms with Crippen molar-refractivity contribution in [2.24, 2.45) is 0 Å². The molecule has 222 valence electrons. The first-order valence-corrected chi connectivity index (χ1v) is 14.0. The molecule has 4 aromatic rings. The van der Waals surface area contributed by atoms with Crippen LogP contribution in [0.4, 0.5) is 5.69 Å². The molecule has 0 fully saturated rings. The molecule has 9 heteroatoms. The second-order valence-corrected chi connectivity index (χ2v) is 10.1. The fraction of sp³-hybridized carbons (Fsp3) is 0.206.